The van der Waals surface area contributed by atoms with E-state index in [0.29, 0.717) is 28.8 Å². The molecule has 0 aliphatic carbocycles. The Morgan fingerprint density at radius 2 is 1.47 bits per heavy atom. The quantitative estimate of drug-likeness (QED) is 0.0612. The van der Waals surface area contributed by atoms with Crippen molar-refractivity contribution in [3.05, 3.63) is 88.0 Å². The Balaban J connectivity index is 1.52. The number of hydrogen-bond acceptors (Lipinski definition) is 7. The lowest BCUT2D eigenvalue weighted by Crippen LogP contribution is -2.23. The molecule has 4 aromatic rings. The van der Waals surface area contributed by atoms with Gasteiger partial charge in [0.1, 0.15) is 17.2 Å². The average Bonchev–Trinajstić information content (AvgIpc) is 3.08. The van der Waals surface area contributed by atoms with Crippen LogP contribution in [0.4, 0.5) is 17.1 Å². The highest BCUT2D eigenvalue weighted by Gasteiger charge is 2.23. The van der Waals surface area contributed by atoms with Crippen LogP contribution >= 0.6 is 0 Å². The number of aryl methyl sites for hydroxylation is 1. The summed E-state index contributed by atoms with van der Waals surface area (Å²) in [5.41, 5.74) is 1.32. The number of aromatic hydroxyl groups is 1. The number of non-ortho nitro benzene ring substituents is 1. The Kier molecular flexibility index (Phi) is 13.4. The number of benzene rings is 4. The van der Waals surface area contributed by atoms with Crippen LogP contribution in [0.3, 0.4) is 0 Å². The molecule has 4 rings (SSSR count). The van der Waals surface area contributed by atoms with Gasteiger partial charge in [-0.1, -0.05) is 95.0 Å². The van der Waals surface area contributed by atoms with Crippen LogP contribution in [0, 0.1) is 17.0 Å². The SMILES string of the molecule is CCCCCCCCCCCCOc1ccc(C)cc1NC(=O)c1cc(Oc2ccc([N+](=O)[O-])cc2N(C)C(C)=O)c2ccccc2c1O. The van der Waals surface area contributed by atoms with Gasteiger partial charge >= 0.3 is 0 Å². The second kappa shape index (κ2) is 17.9. The van der Waals surface area contributed by atoms with Gasteiger partial charge in [-0.2, -0.15) is 0 Å². The number of phenols is 1. The van der Waals surface area contributed by atoms with Crippen LogP contribution in [0.1, 0.15) is 94.0 Å². The van der Waals surface area contributed by atoms with Gasteiger partial charge in [-0.05, 0) is 43.2 Å². The number of carbonyl (C=O) groups excluding carboxylic acids is 2. The molecule has 4 aromatic carbocycles. The van der Waals surface area contributed by atoms with Gasteiger partial charge in [0.05, 0.1) is 28.5 Å². The van der Waals surface area contributed by atoms with Crippen LogP contribution in [0.25, 0.3) is 10.8 Å². The fraction of sp³-hybridized carbons (Fsp3) is 0.385. The lowest BCUT2D eigenvalue weighted by atomic mass is 10.0. The summed E-state index contributed by atoms with van der Waals surface area (Å²) in [6.45, 7) is 6.01. The molecule has 2 amide bonds. The highest BCUT2D eigenvalue weighted by Crippen LogP contribution is 2.42. The second-order valence-corrected chi connectivity index (χ2v) is 12.4. The molecule has 0 aliphatic rings. The Hall–Kier alpha value is -5.12. The summed E-state index contributed by atoms with van der Waals surface area (Å²) in [7, 11) is 1.49. The van der Waals surface area contributed by atoms with Crippen molar-refractivity contribution in [2.24, 2.45) is 0 Å². The molecule has 49 heavy (non-hydrogen) atoms. The third-order valence-electron chi connectivity index (χ3n) is 8.57. The van der Waals surface area contributed by atoms with Gasteiger partial charge in [0, 0.05) is 36.9 Å². The number of unbranched alkanes of at least 4 members (excludes halogenated alkanes) is 9. The molecule has 260 valence electrons. The minimum Gasteiger partial charge on any atom is -0.506 e. The topological polar surface area (TPSA) is 131 Å². The smallest absolute Gasteiger partial charge is 0.271 e. The molecular formula is C39H47N3O7. The summed E-state index contributed by atoms with van der Waals surface area (Å²) in [5.74, 6) is -0.253. The number of ether oxygens (including phenoxy) is 2. The summed E-state index contributed by atoms with van der Waals surface area (Å²) in [6, 6.07) is 17.8. The van der Waals surface area contributed by atoms with Crippen LogP contribution in [-0.2, 0) is 4.79 Å². The number of nitro benzene ring substituents is 1. The zero-order chi connectivity index (χ0) is 35.3. The third-order valence-corrected chi connectivity index (χ3v) is 8.57. The van der Waals surface area contributed by atoms with Crippen LogP contribution in [0.15, 0.2) is 66.7 Å². The maximum absolute atomic E-state index is 13.8. The molecule has 2 N–H and O–H groups in total. The number of nitro groups is 1. The third kappa shape index (κ3) is 9.95. The van der Waals surface area contributed by atoms with Gasteiger partial charge in [-0.3, -0.25) is 19.7 Å². The molecule has 0 aliphatic heterocycles. The van der Waals surface area contributed by atoms with Crippen molar-refractivity contribution in [2.45, 2.75) is 85.0 Å². The molecular weight excluding hydrogens is 622 g/mol. The molecule has 0 aromatic heterocycles. The average molecular weight is 670 g/mol. The van der Waals surface area contributed by atoms with E-state index in [4.69, 9.17) is 9.47 Å². The van der Waals surface area contributed by atoms with E-state index in [1.54, 1.807) is 24.3 Å². The van der Waals surface area contributed by atoms with E-state index in [0.717, 1.165) is 18.4 Å². The molecule has 0 heterocycles. The molecule has 0 saturated heterocycles. The molecule has 0 saturated carbocycles. The maximum atomic E-state index is 13.8. The number of fused-ring (bicyclic) bond motifs is 1. The van der Waals surface area contributed by atoms with Crippen molar-refractivity contribution >= 4 is 39.6 Å². The van der Waals surface area contributed by atoms with Crippen LogP contribution in [0.2, 0.25) is 0 Å². The number of amides is 2. The van der Waals surface area contributed by atoms with Crippen molar-refractivity contribution in [3.8, 4) is 23.0 Å². The number of nitrogens with zero attached hydrogens (tertiary/aromatic N) is 2. The maximum Gasteiger partial charge on any atom is 0.271 e. The highest BCUT2D eigenvalue weighted by molar-refractivity contribution is 6.11. The summed E-state index contributed by atoms with van der Waals surface area (Å²) in [4.78, 5) is 38.2. The van der Waals surface area contributed by atoms with Gasteiger partial charge in [0.2, 0.25) is 5.91 Å². The first-order valence-corrected chi connectivity index (χ1v) is 17.1. The van der Waals surface area contributed by atoms with E-state index >= 15 is 0 Å². The van der Waals surface area contributed by atoms with E-state index in [9.17, 15) is 24.8 Å². The van der Waals surface area contributed by atoms with Crippen LogP contribution < -0.4 is 19.7 Å². The van der Waals surface area contributed by atoms with Crippen LogP contribution in [-0.4, -0.2) is 35.5 Å². The molecule has 0 atom stereocenters. The largest absolute Gasteiger partial charge is 0.506 e. The van der Waals surface area contributed by atoms with E-state index in [-0.39, 0.29) is 40.1 Å². The number of nitrogens with one attached hydrogen (secondary N) is 1. The van der Waals surface area contributed by atoms with E-state index in [2.05, 4.69) is 12.2 Å². The number of rotatable bonds is 18. The van der Waals surface area contributed by atoms with E-state index < -0.39 is 10.8 Å². The normalized spacial score (nSPS) is 10.9. The predicted molar refractivity (Wildman–Crippen MR) is 194 cm³/mol. The summed E-state index contributed by atoms with van der Waals surface area (Å²) in [6.07, 6.45) is 12.2. The first-order valence-electron chi connectivity index (χ1n) is 17.1. The Morgan fingerprint density at radius 1 is 0.837 bits per heavy atom. The molecule has 0 bridgehead atoms. The molecule has 0 spiro atoms. The number of phenolic OH excluding ortho intramolecular Hbond substituents is 1. The second-order valence-electron chi connectivity index (χ2n) is 12.4. The highest BCUT2D eigenvalue weighted by atomic mass is 16.6. The van der Waals surface area contributed by atoms with Crippen molar-refractivity contribution in [2.75, 3.05) is 23.9 Å². The lowest BCUT2D eigenvalue weighted by Gasteiger charge is -2.20. The number of hydrogen-bond donors (Lipinski definition) is 2. The van der Waals surface area contributed by atoms with E-state index in [1.165, 1.54) is 94.5 Å². The first-order chi connectivity index (χ1) is 23.6. The summed E-state index contributed by atoms with van der Waals surface area (Å²) in [5, 5.41) is 26.5. The summed E-state index contributed by atoms with van der Waals surface area (Å²) < 4.78 is 12.4. The Bertz CT molecular complexity index is 1770. The summed E-state index contributed by atoms with van der Waals surface area (Å²) >= 11 is 0. The minimum absolute atomic E-state index is 0.0424. The zero-order valence-corrected chi connectivity index (χ0v) is 28.9. The lowest BCUT2D eigenvalue weighted by molar-refractivity contribution is -0.384. The van der Waals surface area contributed by atoms with E-state index in [1.807, 2.05) is 25.1 Å². The molecule has 10 heteroatoms. The molecule has 0 radical (unpaired) electrons. The van der Waals surface area contributed by atoms with Gasteiger partial charge in [0.25, 0.3) is 11.6 Å². The van der Waals surface area contributed by atoms with Crippen molar-refractivity contribution in [1.82, 2.24) is 0 Å². The fourth-order valence-corrected chi connectivity index (χ4v) is 5.67. The van der Waals surface area contributed by atoms with Gasteiger partial charge < -0.3 is 24.8 Å². The van der Waals surface area contributed by atoms with Crippen molar-refractivity contribution in [3.63, 3.8) is 0 Å². The van der Waals surface area contributed by atoms with Crippen LogP contribution in [0.5, 0.6) is 23.0 Å². The fourth-order valence-electron chi connectivity index (χ4n) is 5.67. The number of anilines is 2. The molecule has 0 fully saturated rings. The molecule has 10 nitrogen and oxygen atoms in total. The van der Waals surface area contributed by atoms with Crippen molar-refractivity contribution in [1.29, 1.82) is 0 Å². The predicted octanol–water partition coefficient (Wildman–Crippen LogP) is 10.1. The number of carbonyl (C=O) groups is 2. The van der Waals surface area contributed by atoms with Gasteiger partial charge in [0.15, 0.2) is 5.75 Å². The first kappa shape index (κ1) is 36.7. The Morgan fingerprint density at radius 3 is 2.12 bits per heavy atom. The Labute approximate surface area is 288 Å². The molecule has 0 unspecified atom stereocenters. The standard InChI is InChI=1S/C39H47N3O7/c1-5-6-7-8-9-10-11-12-13-16-23-48-35-21-19-27(2)24-33(35)40-39(45)32-26-37(30-17-14-15-18-31(30)38(32)44)49-36-22-20-29(42(46)47)25-34(36)41(4)28(3)43/h14-15,17-22,24-26,44H,5-13,16,23H2,1-4H3,(H,40,45). The van der Waals surface area contributed by atoms with Gasteiger partial charge in [-0.15, -0.1) is 0 Å². The minimum atomic E-state index is -0.577. The van der Waals surface area contributed by atoms with Crippen molar-refractivity contribution < 1.29 is 29.1 Å². The monoisotopic (exact) mass is 669 g/mol. The zero-order valence-electron chi connectivity index (χ0n) is 28.9. The van der Waals surface area contributed by atoms with Gasteiger partial charge in [-0.25, -0.2) is 0 Å².